The maximum absolute atomic E-state index is 14.2. The van der Waals surface area contributed by atoms with Crippen LogP contribution in [-0.4, -0.2) is 32.1 Å². The van der Waals surface area contributed by atoms with E-state index in [1.165, 1.54) is 22.9 Å². The molecule has 0 saturated carbocycles. The number of pyridine rings is 1. The molecule has 1 aliphatic heterocycles. The molecule has 2 aromatic heterocycles. The van der Waals surface area contributed by atoms with Crippen molar-refractivity contribution in [1.29, 1.82) is 5.26 Å². The molecule has 3 aromatic rings. The van der Waals surface area contributed by atoms with Gasteiger partial charge in [-0.3, -0.25) is 9.48 Å². The molecule has 1 aromatic carbocycles. The number of hydrogen-bond donors (Lipinski definition) is 1. The van der Waals surface area contributed by atoms with E-state index in [4.69, 9.17) is 10.5 Å². The number of nitrogen functional groups attached to an aromatic ring is 1. The number of aryl methyl sites for hydroxylation is 1. The summed E-state index contributed by atoms with van der Waals surface area (Å²) in [5.41, 5.74) is 7.75. The zero-order valence-corrected chi connectivity index (χ0v) is 19.7. The SMILES string of the molecule is CC(Oc1cc(Br)cnc1N)c1cc(F)ccc1C(=O)N1CCC[C@@H]1c1cc(C#N)n(C)n1. The number of ether oxygens (including phenoxy) is 1. The van der Waals surface area contributed by atoms with E-state index in [2.05, 4.69) is 32.1 Å². The minimum absolute atomic E-state index is 0.192. The molecule has 0 spiro atoms. The largest absolute Gasteiger partial charge is 0.482 e. The molecular weight excluding hydrogens is 491 g/mol. The molecule has 0 bridgehead atoms. The third kappa shape index (κ3) is 4.54. The first-order valence-electron chi connectivity index (χ1n) is 10.4. The molecule has 1 aliphatic rings. The van der Waals surface area contributed by atoms with Gasteiger partial charge in [-0.05, 0) is 66.0 Å². The van der Waals surface area contributed by atoms with Crippen molar-refractivity contribution in [3.63, 3.8) is 0 Å². The Morgan fingerprint density at radius 2 is 2.18 bits per heavy atom. The van der Waals surface area contributed by atoms with Crippen LogP contribution in [0.5, 0.6) is 5.75 Å². The van der Waals surface area contributed by atoms with E-state index in [-0.39, 0.29) is 17.8 Å². The van der Waals surface area contributed by atoms with Gasteiger partial charge in [0.2, 0.25) is 0 Å². The van der Waals surface area contributed by atoms with E-state index in [1.807, 2.05) is 0 Å². The average molecular weight is 513 g/mol. The Hall–Kier alpha value is -3.45. The van der Waals surface area contributed by atoms with Gasteiger partial charge in [-0.2, -0.15) is 10.4 Å². The first kappa shape index (κ1) is 22.7. The van der Waals surface area contributed by atoms with Crippen molar-refractivity contribution in [3.8, 4) is 11.8 Å². The minimum atomic E-state index is -0.667. The minimum Gasteiger partial charge on any atom is -0.482 e. The lowest BCUT2D eigenvalue weighted by Crippen LogP contribution is -2.32. The van der Waals surface area contributed by atoms with Gasteiger partial charge in [0, 0.05) is 35.4 Å². The zero-order valence-electron chi connectivity index (χ0n) is 18.1. The molecule has 3 heterocycles. The number of carbonyl (C=O) groups is 1. The Morgan fingerprint density at radius 3 is 2.91 bits per heavy atom. The smallest absolute Gasteiger partial charge is 0.254 e. The Labute approximate surface area is 198 Å². The number of nitriles is 1. The number of hydrogen-bond acceptors (Lipinski definition) is 6. The van der Waals surface area contributed by atoms with Crippen molar-refractivity contribution in [2.75, 3.05) is 12.3 Å². The van der Waals surface area contributed by atoms with Gasteiger partial charge in [0.15, 0.2) is 11.6 Å². The second-order valence-corrected chi connectivity index (χ2v) is 8.79. The number of likely N-dealkylation sites (tertiary alicyclic amines) is 1. The van der Waals surface area contributed by atoms with Crippen LogP contribution in [0.15, 0.2) is 41.0 Å². The van der Waals surface area contributed by atoms with E-state index in [0.717, 1.165) is 12.8 Å². The molecule has 0 aliphatic carbocycles. The van der Waals surface area contributed by atoms with E-state index in [9.17, 15) is 14.4 Å². The maximum atomic E-state index is 14.2. The molecule has 10 heteroatoms. The first-order valence-corrected chi connectivity index (χ1v) is 11.2. The molecule has 170 valence electrons. The average Bonchev–Trinajstić information content (AvgIpc) is 3.42. The number of halogens is 2. The molecule has 2 atom stereocenters. The highest BCUT2D eigenvalue weighted by molar-refractivity contribution is 9.10. The molecule has 4 rings (SSSR count). The Morgan fingerprint density at radius 1 is 1.39 bits per heavy atom. The Balaban J connectivity index is 1.65. The standard InChI is InChI=1S/C23H22BrFN6O2/c1-13(33-21-8-14(24)12-28-22(21)27)18-9-15(25)5-6-17(18)23(32)31-7-3-4-20(31)19-10-16(11-26)30(2)29-19/h5-6,8-10,12-13,20H,3-4,7H2,1-2H3,(H2,27,28)/t13?,20-/m1/s1. The third-order valence-electron chi connectivity index (χ3n) is 5.70. The maximum Gasteiger partial charge on any atom is 0.254 e. The zero-order chi connectivity index (χ0) is 23.7. The van der Waals surface area contributed by atoms with Crippen LogP contribution in [-0.2, 0) is 7.05 Å². The van der Waals surface area contributed by atoms with E-state index in [1.54, 1.807) is 37.2 Å². The van der Waals surface area contributed by atoms with Crippen molar-refractivity contribution in [1.82, 2.24) is 19.7 Å². The van der Waals surface area contributed by atoms with Crippen molar-refractivity contribution in [2.24, 2.45) is 7.05 Å². The number of amides is 1. The highest BCUT2D eigenvalue weighted by Crippen LogP contribution is 2.35. The Bertz CT molecular complexity index is 1250. The lowest BCUT2D eigenvalue weighted by atomic mass is 10.0. The lowest BCUT2D eigenvalue weighted by molar-refractivity contribution is 0.0727. The van der Waals surface area contributed by atoms with Gasteiger partial charge in [0.05, 0.1) is 11.7 Å². The third-order valence-corrected chi connectivity index (χ3v) is 6.14. The van der Waals surface area contributed by atoms with Gasteiger partial charge in [-0.1, -0.05) is 0 Å². The monoisotopic (exact) mass is 512 g/mol. The van der Waals surface area contributed by atoms with Gasteiger partial charge < -0.3 is 15.4 Å². The van der Waals surface area contributed by atoms with Crippen LogP contribution in [0.2, 0.25) is 0 Å². The first-order chi connectivity index (χ1) is 15.8. The van der Waals surface area contributed by atoms with Crippen molar-refractivity contribution in [3.05, 3.63) is 69.3 Å². The summed E-state index contributed by atoms with van der Waals surface area (Å²) < 4.78 is 22.3. The topological polar surface area (TPSA) is 110 Å². The summed E-state index contributed by atoms with van der Waals surface area (Å²) in [5, 5.41) is 13.7. The molecule has 1 fully saturated rings. The van der Waals surface area contributed by atoms with Crippen LogP contribution < -0.4 is 10.5 Å². The summed E-state index contributed by atoms with van der Waals surface area (Å²) in [6.07, 6.45) is 2.42. The summed E-state index contributed by atoms with van der Waals surface area (Å²) in [6.45, 7) is 2.27. The fourth-order valence-electron chi connectivity index (χ4n) is 4.07. The van der Waals surface area contributed by atoms with Gasteiger partial charge in [0.25, 0.3) is 5.91 Å². The summed E-state index contributed by atoms with van der Waals surface area (Å²) in [7, 11) is 1.70. The van der Waals surface area contributed by atoms with Crippen LogP contribution in [0.1, 0.15) is 59.2 Å². The number of rotatable bonds is 5. The van der Waals surface area contributed by atoms with Crippen LogP contribution in [0.3, 0.4) is 0 Å². The summed E-state index contributed by atoms with van der Waals surface area (Å²) in [4.78, 5) is 19.4. The predicted molar refractivity (Wildman–Crippen MR) is 123 cm³/mol. The van der Waals surface area contributed by atoms with Gasteiger partial charge in [-0.25, -0.2) is 9.37 Å². The highest BCUT2D eigenvalue weighted by Gasteiger charge is 2.34. The lowest BCUT2D eigenvalue weighted by Gasteiger charge is -2.26. The summed E-state index contributed by atoms with van der Waals surface area (Å²) in [5.74, 6) is -0.195. The van der Waals surface area contributed by atoms with Gasteiger partial charge in [0.1, 0.15) is 23.7 Å². The van der Waals surface area contributed by atoms with Gasteiger partial charge in [-0.15, -0.1) is 0 Å². The van der Waals surface area contributed by atoms with E-state index in [0.29, 0.717) is 39.3 Å². The number of anilines is 1. The molecule has 0 radical (unpaired) electrons. The van der Waals surface area contributed by atoms with Gasteiger partial charge >= 0.3 is 0 Å². The number of aromatic nitrogens is 3. The normalized spacial score (nSPS) is 16.5. The fourth-order valence-corrected chi connectivity index (χ4v) is 4.38. The van der Waals surface area contributed by atoms with Crippen LogP contribution in [0, 0.1) is 17.1 Å². The second-order valence-electron chi connectivity index (χ2n) is 7.87. The van der Waals surface area contributed by atoms with Crippen molar-refractivity contribution in [2.45, 2.75) is 31.9 Å². The number of benzene rings is 1. The van der Waals surface area contributed by atoms with Crippen molar-refractivity contribution >= 4 is 27.7 Å². The summed E-state index contributed by atoms with van der Waals surface area (Å²) in [6, 6.07) is 9.26. The molecule has 1 amide bonds. The molecule has 1 unspecified atom stereocenters. The molecule has 1 saturated heterocycles. The number of carbonyl (C=O) groups excluding carboxylic acids is 1. The van der Waals surface area contributed by atoms with Crippen LogP contribution in [0.25, 0.3) is 0 Å². The molecule has 2 N–H and O–H groups in total. The number of nitrogens with two attached hydrogens (primary N) is 1. The molecular formula is C23H22BrFN6O2. The van der Waals surface area contributed by atoms with Crippen LogP contribution >= 0.6 is 15.9 Å². The van der Waals surface area contributed by atoms with E-state index < -0.39 is 11.9 Å². The molecule has 33 heavy (non-hydrogen) atoms. The van der Waals surface area contributed by atoms with Crippen molar-refractivity contribution < 1.29 is 13.9 Å². The van der Waals surface area contributed by atoms with Crippen LogP contribution in [0.4, 0.5) is 10.2 Å². The quantitative estimate of drug-likeness (QED) is 0.545. The predicted octanol–water partition coefficient (Wildman–Crippen LogP) is 4.29. The fraction of sp³-hybridized carbons (Fsp3) is 0.304. The summed E-state index contributed by atoms with van der Waals surface area (Å²) >= 11 is 3.33. The second kappa shape index (κ2) is 9.19. The number of nitrogens with zero attached hydrogens (tertiary/aromatic N) is 5. The molecule has 8 nitrogen and oxygen atoms in total. The Kier molecular flexibility index (Phi) is 6.33. The highest BCUT2D eigenvalue weighted by atomic mass is 79.9. The van der Waals surface area contributed by atoms with E-state index >= 15 is 0 Å².